The molecule has 0 spiro atoms. The lowest BCUT2D eigenvalue weighted by atomic mass is 10.1. The van der Waals surface area contributed by atoms with Crippen molar-refractivity contribution in [2.24, 2.45) is 7.05 Å². The van der Waals surface area contributed by atoms with E-state index in [2.05, 4.69) is 24.8 Å². The fourth-order valence-corrected chi connectivity index (χ4v) is 3.13. The number of nitrogens with zero attached hydrogens (tertiary/aromatic N) is 6. The van der Waals surface area contributed by atoms with Gasteiger partial charge in [0, 0.05) is 38.3 Å². The van der Waals surface area contributed by atoms with Crippen LogP contribution in [0.15, 0.2) is 33.9 Å². The molecule has 1 atom stereocenters. The molecule has 1 aliphatic rings. The van der Waals surface area contributed by atoms with Crippen molar-refractivity contribution in [3.05, 3.63) is 46.7 Å². The van der Waals surface area contributed by atoms with Gasteiger partial charge in [0.25, 0.3) is 5.91 Å². The average Bonchev–Trinajstić information content (AvgIpc) is 3.34. The molecule has 1 N–H and O–H groups in total. The molecule has 3 aromatic heterocycles. The summed E-state index contributed by atoms with van der Waals surface area (Å²) in [7, 11) is 1.84. The molecule has 0 radical (unpaired) electrons. The van der Waals surface area contributed by atoms with Crippen molar-refractivity contribution in [2.75, 3.05) is 6.54 Å². The number of nitrogens with one attached hydrogen (secondary N) is 1. The Morgan fingerprint density at radius 2 is 2.36 bits per heavy atom. The normalized spacial score (nSPS) is 17.3. The van der Waals surface area contributed by atoms with Crippen molar-refractivity contribution in [2.45, 2.75) is 25.3 Å². The highest BCUT2D eigenvalue weighted by atomic mass is 16.4. The summed E-state index contributed by atoms with van der Waals surface area (Å²) in [6.45, 7) is 0.644. The molecule has 4 rings (SSSR count). The minimum Gasteiger partial charge on any atom is -0.416 e. The Bertz CT molecular complexity index is 950. The summed E-state index contributed by atoms with van der Waals surface area (Å²) < 4.78 is 7.97. The molecule has 3 aromatic rings. The van der Waals surface area contributed by atoms with E-state index >= 15 is 0 Å². The Morgan fingerprint density at radius 3 is 3.08 bits per heavy atom. The molecule has 25 heavy (non-hydrogen) atoms. The largest absolute Gasteiger partial charge is 0.416 e. The number of carbonyl (C=O) groups excluding carboxylic acids is 1. The van der Waals surface area contributed by atoms with E-state index in [1.807, 2.05) is 25.5 Å². The van der Waals surface area contributed by atoms with E-state index in [1.165, 1.54) is 0 Å². The highest BCUT2D eigenvalue weighted by molar-refractivity contribution is 5.92. The second-order valence-electron chi connectivity index (χ2n) is 6.06. The number of carbonyl (C=O) groups is 1. The number of oxazole rings is 1. The summed E-state index contributed by atoms with van der Waals surface area (Å²) in [5.74, 6) is -0.167. The van der Waals surface area contributed by atoms with Crippen LogP contribution in [0.3, 0.4) is 0 Å². The maximum atomic E-state index is 12.5. The van der Waals surface area contributed by atoms with Gasteiger partial charge in [0.15, 0.2) is 5.82 Å². The topological polar surface area (TPSA) is 115 Å². The lowest BCUT2D eigenvalue weighted by Crippen LogP contribution is -2.37. The molecule has 1 unspecified atom stereocenters. The van der Waals surface area contributed by atoms with Gasteiger partial charge < -0.3 is 9.32 Å². The number of H-pyrrole nitrogens is 1. The Kier molecular flexibility index (Phi) is 3.71. The third-order valence-corrected chi connectivity index (χ3v) is 4.31. The zero-order valence-corrected chi connectivity index (χ0v) is 13.6. The molecule has 0 bridgehead atoms. The van der Waals surface area contributed by atoms with Gasteiger partial charge in [-0.3, -0.25) is 14.5 Å². The molecule has 0 aliphatic carbocycles. The number of aryl methyl sites for hydroxylation is 1. The number of hydrogen-bond acceptors (Lipinski definition) is 6. The maximum absolute atomic E-state index is 12.5. The lowest BCUT2D eigenvalue weighted by Gasteiger charge is -2.23. The second kappa shape index (κ2) is 6.04. The van der Waals surface area contributed by atoms with E-state index in [1.54, 1.807) is 14.3 Å². The van der Waals surface area contributed by atoms with Crippen molar-refractivity contribution in [1.29, 1.82) is 0 Å². The highest BCUT2D eigenvalue weighted by Crippen LogP contribution is 2.22. The molecule has 4 heterocycles. The summed E-state index contributed by atoms with van der Waals surface area (Å²) in [5, 5.41) is 12.6. The first-order valence-electron chi connectivity index (χ1n) is 8.00. The summed E-state index contributed by atoms with van der Waals surface area (Å²) in [4.78, 5) is 27.8. The van der Waals surface area contributed by atoms with Crippen molar-refractivity contribution in [3.8, 4) is 5.82 Å². The minimum absolute atomic E-state index is 0.0137. The number of aromatic nitrogens is 6. The predicted octanol–water partition coefficient (Wildman–Crippen LogP) is 0.129. The van der Waals surface area contributed by atoms with E-state index in [9.17, 15) is 9.59 Å². The molecular formula is C15H17N7O3. The minimum atomic E-state index is -0.627. The Hall–Kier alpha value is -3.17. The van der Waals surface area contributed by atoms with E-state index < -0.39 is 5.76 Å². The molecular weight excluding hydrogens is 326 g/mol. The van der Waals surface area contributed by atoms with Crippen LogP contribution in [0.25, 0.3) is 5.82 Å². The molecule has 1 saturated heterocycles. The number of rotatable bonds is 4. The standard InChI is InChI=1S/C15H17N7O3/c1-20-6-4-13(18-20)22-8-10(17-19-22)7-11-3-2-5-21(11)14(23)12-9-25-15(24)16-12/h4,6,8-9,11H,2-3,5,7H2,1H3,(H,16,24). The summed E-state index contributed by atoms with van der Waals surface area (Å²) >= 11 is 0. The third kappa shape index (κ3) is 2.97. The number of likely N-dealkylation sites (tertiary alicyclic amines) is 1. The quantitative estimate of drug-likeness (QED) is 0.720. The first-order valence-corrected chi connectivity index (χ1v) is 8.00. The Balaban J connectivity index is 1.49. The maximum Gasteiger partial charge on any atom is 0.416 e. The fourth-order valence-electron chi connectivity index (χ4n) is 3.13. The van der Waals surface area contributed by atoms with E-state index in [-0.39, 0.29) is 17.6 Å². The van der Waals surface area contributed by atoms with Crippen molar-refractivity contribution in [3.63, 3.8) is 0 Å². The smallest absolute Gasteiger partial charge is 0.416 e. The number of hydrogen-bond donors (Lipinski definition) is 1. The molecule has 1 aliphatic heterocycles. The molecule has 10 nitrogen and oxygen atoms in total. The zero-order chi connectivity index (χ0) is 17.4. The van der Waals surface area contributed by atoms with E-state index in [0.717, 1.165) is 24.8 Å². The van der Waals surface area contributed by atoms with Gasteiger partial charge in [-0.1, -0.05) is 5.21 Å². The van der Waals surface area contributed by atoms with Crippen LogP contribution in [0.1, 0.15) is 29.0 Å². The van der Waals surface area contributed by atoms with E-state index in [4.69, 9.17) is 0 Å². The van der Waals surface area contributed by atoms with Crippen LogP contribution in [0.2, 0.25) is 0 Å². The van der Waals surface area contributed by atoms with Gasteiger partial charge in [-0.15, -0.1) is 5.10 Å². The first kappa shape index (κ1) is 15.4. The monoisotopic (exact) mass is 343 g/mol. The van der Waals surface area contributed by atoms with Crippen LogP contribution in [0.5, 0.6) is 0 Å². The Morgan fingerprint density at radius 1 is 1.48 bits per heavy atom. The van der Waals surface area contributed by atoms with Crippen LogP contribution in [-0.4, -0.2) is 53.2 Å². The molecule has 130 valence electrons. The van der Waals surface area contributed by atoms with Crippen LogP contribution in [0.4, 0.5) is 0 Å². The summed E-state index contributed by atoms with van der Waals surface area (Å²) in [5.41, 5.74) is 0.963. The molecule has 0 aromatic carbocycles. The van der Waals surface area contributed by atoms with Gasteiger partial charge in [-0.2, -0.15) is 5.10 Å². The third-order valence-electron chi connectivity index (χ3n) is 4.31. The Labute approximate surface area is 142 Å². The molecule has 0 saturated carbocycles. The summed E-state index contributed by atoms with van der Waals surface area (Å²) in [6, 6.07) is 1.86. The molecule has 1 fully saturated rings. The highest BCUT2D eigenvalue weighted by Gasteiger charge is 2.31. The molecule has 1 amide bonds. The lowest BCUT2D eigenvalue weighted by molar-refractivity contribution is 0.0730. The van der Waals surface area contributed by atoms with Crippen molar-refractivity contribution in [1.82, 2.24) is 34.7 Å². The first-order chi connectivity index (χ1) is 12.1. The fraction of sp³-hybridized carbons (Fsp3) is 0.400. The van der Waals surface area contributed by atoms with Gasteiger partial charge in [0.2, 0.25) is 0 Å². The van der Waals surface area contributed by atoms with Gasteiger partial charge >= 0.3 is 5.76 Å². The van der Waals surface area contributed by atoms with Gasteiger partial charge in [-0.25, -0.2) is 9.48 Å². The van der Waals surface area contributed by atoms with Crippen LogP contribution < -0.4 is 5.76 Å². The molecule has 10 heteroatoms. The van der Waals surface area contributed by atoms with Gasteiger partial charge in [0.05, 0.1) is 11.9 Å². The van der Waals surface area contributed by atoms with Crippen molar-refractivity contribution >= 4 is 5.91 Å². The second-order valence-corrected chi connectivity index (χ2v) is 6.06. The average molecular weight is 343 g/mol. The number of amides is 1. The van der Waals surface area contributed by atoms with E-state index in [0.29, 0.717) is 18.8 Å². The SMILES string of the molecule is Cn1ccc(-n2cc(CC3CCCN3C(=O)c3coc(=O)[nH]3)nn2)n1. The predicted molar refractivity (Wildman–Crippen MR) is 85.2 cm³/mol. The summed E-state index contributed by atoms with van der Waals surface area (Å²) in [6.07, 6.45) is 7.21. The van der Waals surface area contributed by atoms with Crippen molar-refractivity contribution < 1.29 is 9.21 Å². The van der Waals surface area contributed by atoms with Gasteiger partial charge in [0.1, 0.15) is 12.0 Å². The zero-order valence-electron chi connectivity index (χ0n) is 13.6. The van der Waals surface area contributed by atoms with Gasteiger partial charge in [-0.05, 0) is 12.8 Å². The van der Waals surface area contributed by atoms with Crippen LogP contribution >= 0.6 is 0 Å². The van der Waals surface area contributed by atoms with Crippen LogP contribution in [-0.2, 0) is 13.5 Å². The number of aromatic amines is 1. The van der Waals surface area contributed by atoms with Crippen LogP contribution in [0, 0.1) is 0 Å².